The standard InChI is InChI=1S/C20H20O3/c1-13-6-3-4-8-16(13)18-9-5-7-14-12-15(20(22)23-2)10-11-17(14)19(18)21/h3-4,6,8,10-12,18H,5,7,9H2,1-2H3. The van der Waals surface area contributed by atoms with Crippen LogP contribution in [0, 0.1) is 6.92 Å². The van der Waals surface area contributed by atoms with Gasteiger partial charge in [0.15, 0.2) is 5.78 Å². The van der Waals surface area contributed by atoms with Crippen LogP contribution in [0.5, 0.6) is 0 Å². The van der Waals surface area contributed by atoms with E-state index in [2.05, 4.69) is 13.0 Å². The molecule has 1 aliphatic rings. The molecule has 2 aromatic carbocycles. The molecule has 0 aromatic heterocycles. The Morgan fingerprint density at radius 1 is 1.17 bits per heavy atom. The summed E-state index contributed by atoms with van der Waals surface area (Å²) in [5, 5.41) is 0. The summed E-state index contributed by atoms with van der Waals surface area (Å²) in [4.78, 5) is 24.7. The number of rotatable bonds is 2. The van der Waals surface area contributed by atoms with Crippen molar-refractivity contribution >= 4 is 11.8 Å². The third kappa shape index (κ3) is 2.91. The molecule has 0 spiro atoms. The third-order valence-electron chi connectivity index (χ3n) is 4.61. The average Bonchev–Trinajstić information content (AvgIpc) is 2.73. The second-order valence-electron chi connectivity index (χ2n) is 6.03. The Morgan fingerprint density at radius 3 is 2.70 bits per heavy atom. The van der Waals surface area contributed by atoms with Gasteiger partial charge in [-0.15, -0.1) is 0 Å². The SMILES string of the molecule is COC(=O)c1ccc2c(c1)CCCC(c1ccccc1C)C2=O. The van der Waals surface area contributed by atoms with Gasteiger partial charge < -0.3 is 4.74 Å². The number of carbonyl (C=O) groups excluding carboxylic acids is 2. The molecule has 3 heteroatoms. The molecule has 0 N–H and O–H groups in total. The van der Waals surface area contributed by atoms with Crippen LogP contribution in [0.1, 0.15) is 56.2 Å². The quantitative estimate of drug-likeness (QED) is 0.620. The minimum Gasteiger partial charge on any atom is -0.465 e. The van der Waals surface area contributed by atoms with E-state index in [0.29, 0.717) is 5.56 Å². The largest absolute Gasteiger partial charge is 0.465 e. The minimum absolute atomic E-state index is 0.0959. The molecule has 0 saturated carbocycles. The summed E-state index contributed by atoms with van der Waals surface area (Å²) in [5.74, 6) is -0.301. The van der Waals surface area contributed by atoms with E-state index in [0.717, 1.165) is 41.5 Å². The van der Waals surface area contributed by atoms with Crippen molar-refractivity contribution in [1.82, 2.24) is 0 Å². The van der Waals surface area contributed by atoms with Crippen LogP contribution in [-0.2, 0) is 11.2 Å². The van der Waals surface area contributed by atoms with Crippen molar-refractivity contribution in [3.05, 3.63) is 70.3 Å². The van der Waals surface area contributed by atoms with Crippen molar-refractivity contribution in [3.8, 4) is 0 Å². The van der Waals surface area contributed by atoms with E-state index in [1.54, 1.807) is 18.2 Å². The number of Topliss-reactive ketones (excluding diaryl/α,β-unsaturated/α-hetero) is 1. The topological polar surface area (TPSA) is 43.4 Å². The molecule has 23 heavy (non-hydrogen) atoms. The van der Waals surface area contributed by atoms with E-state index in [-0.39, 0.29) is 17.7 Å². The fraction of sp³-hybridized carbons (Fsp3) is 0.300. The van der Waals surface area contributed by atoms with Gasteiger partial charge in [-0.2, -0.15) is 0 Å². The van der Waals surface area contributed by atoms with Crippen LogP contribution >= 0.6 is 0 Å². The Morgan fingerprint density at radius 2 is 1.96 bits per heavy atom. The molecule has 0 fully saturated rings. The summed E-state index contributed by atoms with van der Waals surface area (Å²) < 4.78 is 4.77. The van der Waals surface area contributed by atoms with Crippen molar-refractivity contribution < 1.29 is 14.3 Å². The number of hydrogen-bond acceptors (Lipinski definition) is 3. The maximum absolute atomic E-state index is 13.0. The van der Waals surface area contributed by atoms with E-state index >= 15 is 0 Å². The monoisotopic (exact) mass is 308 g/mol. The van der Waals surface area contributed by atoms with Gasteiger partial charge in [-0.3, -0.25) is 4.79 Å². The first-order valence-electron chi connectivity index (χ1n) is 7.93. The summed E-state index contributed by atoms with van der Waals surface area (Å²) in [6, 6.07) is 13.3. The molecule has 0 aliphatic heterocycles. The number of fused-ring (bicyclic) bond motifs is 1. The zero-order valence-electron chi connectivity index (χ0n) is 13.5. The molecule has 0 amide bonds. The Hall–Kier alpha value is -2.42. The molecule has 0 radical (unpaired) electrons. The molecule has 3 rings (SSSR count). The second kappa shape index (κ2) is 6.37. The number of methoxy groups -OCH3 is 1. The lowest BCUT2D eigenvalue weighted by Crippen LogP contribution is -2.14. The number of aryl methyl sites for hydroxylation is 2. The van der Waals surface area contributed by atoms with Gasteiger partial charge in [-0.05, 0) is 55.0 Å². The van der Waals surface area contributed by atoms with Crippen LogP contribution in [0.3, 0.4) is 0 Å². The number of benzene rings is 2. The summed E-state index contributed by atoms with van der Waals surface area (Å²) in [6.07, 6.45) is 2.59. The van der Waals surface area contributed by atoms with Gasteiger partial charge in [0.2, 0.25) is 0 Å². The predicted octanol–water partition coefficient (Wildman–Crippen LogP) is 4.08. The van der Waals surface area contributed by atoms with Crippen molar-refractivity contribution in [1.29, 1.82) is 0 Å². The Kier molecular flexibility index (Phi) is 4.28. The third-order valence-corrected chi connectivity index (χ3v) is 4.61. The van der Waals surface area contributed by atoms with Gasteiger partial charge in [-0.1, -0.05) is 30.3 Å². The highest BCUT2D eigenvalue weighted by atomic mass is 16.5. The molecule has 0 bridgehead atoms. The molecule has 1 aliphatic carbocycles. The van der Waals surface area contributed by atoms with Crippen LogP contribution in [0.25, 0.3) is 0 Å². The summed E-state index contributed by atoms with van der Waals surface area (Å²) in [7, 11) is 1.37. The number of esters is 1. The maximum Gasteiger partial charge on any atom is 0.337 e. The van der Waals surface area contributed by atoms with Crippen molar-refractivity contribution in [2.75, 3.05) is 7.11 Å². The molecular formula is C20H20O3. The zero-order valence-corrected chi connectivity index (χ0v) is 13.5. The first kappa shape index (κ1) is 15.5. The van der Waals surface area contributed by atoms with Crippen molar-refractivity contribution in [3.63, 3.8) is 0 Å². The molecule has 2 aromatic rings. The van der Waals surface area contributed by atoms with Gasteiger partial charge in [0.05, 0.1) is 12.7 Å². The molecule has 0 saturated heterocycles. The number of hydrogen-bond donors (Lipinski definition) is 0. The lowest BCUT2D eigenvalue weighted by atomic mass is 9.86. The van der Waals surface area contributed by atoms with Crippen LogP contribution in [0.4, 0.5) is 0 Å². The fourth-order valence-electron chi connectivity index (χ4n) is 3.38. The summed E-state index contributed by atoms with van der Waals surface area (Å²) in [5.41, 5.74) is 4.47. The fourth-order valence-corrected chi connectivity index (χ4v) is 3.38. The summed E-state index contributed by atoms with van der Waals surface area (Å²) in [6.45, 7) is 2.05. The average molecular weight is 308 g/mol. The highest BCUT2D eigenvalue weighted by Gasteiger charge is 2.28. The van der Waals surface area contributed by atoms with Crippen LogP contribution < -0.4 is 0 Å². The zero-order chi connectivity index (χ0) is 16.4. The van der Waals surface area contributed by atoms with E-state index in [4.69, 9.17) is 4.74 Å². The Balaban J connectivity index is 2.01. The maximum atomic E-state index is 13.0. The van der Waals surface area contributed by atoms with E-state index < -0.39 is 0 Å². The first-order valence-corrected chi connectivity index (χ1v) is 7.93. The van der Waals surface area contributed by atoms with Gasteiger partial charge in [0.1, 0.15) is 0 Å². The smallest absolute Gasteiger partial charge is 0.337 e. The normalized spacial score (nSPS) is 17.3. The summed E-state index contributed by atoms with van der Waals surface area (Å²) >= 11 is 0. The van der Waals surface area contributed by atoms with Crippen molar-refractivity contribution in [2.24, 2.45) is 0 Å². The highest BCUT2D eigenvalue weighted by molar-refractivity contribution is 6.03. The van der Waals surface area contributed by atoms with Crippen LogP contribution in [0.15, 0.2) is 42.5 Å². The van der Waals surface area contributed by atoms with Gasteiger partial charge in [-0.25, -0.2) is 4.79 Å². The number of ketones is 1. The van der Waals surface area contributed by atoms with Crippen molar-refractivity contribution in [2.45, 2.75) is 32.1 Å². The molecule has 1 atom stereocenters. The Labute approximate surface area is 136 Å². The van der Waals surface area contributed by atoms with Gasteiger partial charge in [0.25, 0.3) is 0 Å². The number of ether oxygens (including phenoxy) is 1. The first-order chi connectivity index (χ1) is 11.1. The minimum atomic E-state index is -0.361. The van der Waals surface area contributed by atoms with Crippen LogP contribution in [-0.4, -0.2) is 18.9 Å². The van der Waals surface area contributed by atoms with Crippen LogP contribution in [0.2, 0.25) is 0 Å². The number of carbonyl (C=O) groups is 2. The van der Waals surface area contributed by atoms with E-state index in [1.807, 2.05) is 18.2 Å². The molecule has 118 valence electrons. The lowest BCUT2D eigenvalue weighted by molar-refractivity contribution is 0.0600. The Bertz CT molecular complexity index is 761. The molecule has 3 nitrogen and oxygen atoms in total. The van der Waals surface area contributed by atoms with E-state index in [9.17, 15) is 9.59 Å². The predicted molar refractivity (Wildman–Crippen MR) is 89.0 cm³/mol. The molecule has 0 heterocycles. The highest BCUT2D eigenvalue weighted by Crippen LogP contribution is 2.33. The van der Waals surface area contributed by atoms with Gasteiger partial charge in [0, 0.05) is 11.5 Å². The van der Waals surface area contributed by atoms with Gasteiger partial charge >= 0.3 is 5.97 Å². The second-order valence-corrected chi connectivity index (χ2v) is 6.03. The molecule has 1 unspecified atom stereocenters. The van der Waals surface area contributed by atoms with E-state index in [1.165, 1.54) is 7.11 Å². The molecular weight excluding hydrogens is 288 g/mol. The lowest BCUT2D eigenvalue weighted by Gasteiger charge is -2.16.